The van der Waals surface area contributed by atoms with Crippen LogP contribution in [0.1, 0.15) is 13.3 Å². The van der Waals surface area contributed by atoms with Crippen LogP contribution >= 0.6 is 24.8 Å². The van der Waals surface area contributed by atoms with Gasteiger partial charge in [0.15, 0.2) is 0 Å². The van der Waals surface area contributed by atoms with E-state index in [1.165, 1.54) is 11.1 Å². The van der Waals surface area contributed by atoms with Crippen LogP contribution in [0.3, 0.4) is 0 Å². The fourth-order valence-electron chi connectivity index (χ4n) is 0.805. The molecule has 0 N–H and O–H groups in total. The van der Waals surface area contributed by atoms with E-state index in [0.717, 1.165) is 0 Å². The van der Waals surface area contributed by atoms with Gasteiger partial charge in [-0.25, -0.2) is 0 Å². The van der Waals surface area contributed by atoms with Crippen molar-refractivity contribution in [3.8, 4) is 0 Å². The standard InChI is InChI=1S/C5H5.C2H5.2ClH.Ti/c1-2-4-5-3-1;1-2;;;/h1-3H,4H2;1H2,2H3;2*1H;. The minimum Gasteiger partial charge on any atom is -0.147 e. The van der Waals surface area contributed by atoms with E-state index in [-0.39, 0.29) is 24.8 Å². The molecule has 0 aliphatic heterocycles. The zero-order valence-corrected chi connectivity index (χ0v) is 9.16. The van der Waals surface area contributed by atoms with Gasteiger partial charge >= 0.3 is 59.3 Å². The van der Waals surface area contributed by atoms with Crippen molar-refractivity contribution in [3.05, 3.63) is 22.1 Å². The molecule has 0 aromatic rings. The Morgan fingerprint density at radius 1 is 1.50 bits per heavy atom. The zero-order valence-electron chi connectivity index (χ0n) is 5.96. The quantitative estimate of drug-likeness (QED) is 0.620. The van der Waals surface area contributed by atoms with Crippen molar-refractivity contribution in [3.63, 3.8) is 0 Å². The Hall–Kier alpha value is 0.774. The summed E-state index contributed by atoms with van der Waals surface area (Å²) >= 11 is 0.306. The molecule has 3 heteroatoms. The second-order valence-electron chi connectivity index (χ2n) is 1.85. The Labute approximate surface area is 83.9 Å². The van der Waals surface area contributed by atoms with Crippen molar-refractivity contribution in [1.29, 1.82) is 0 Å². The fourth-order valence-corrected chi connectivity index (χ4v) is 2.26. The Kier molecular flexibility index (Phi) is 10.5. The molecule has 0 radical (unpaired) electrons. The molecule has 0 saturated carbocycles. The van der Waals surface area contributed by atoms with Crippen LogP contribution in [0, 0.1) is 0 Å². The molecule has 1 rings (SSSR count). The smallest absolute Gasteiger partial charge is 0.147 e. The van der Waals surface area contributed by atoms with E-state index in [1.807, 2.05) is 0 Å². The van der Waals surface area contributed by atoms with E-state index in [9.17, 15) is 0 Å². The Morgan fingerprint density at radius 3 is 2.60 bits per heavy atom. The van der Waals surface area contributed by atoms with Gasteiger partial charge in [0.25, 0.3) is 0 Å². The molecule has 0 heterocycles. The topological polar surface area (TPSA) is 0 Å². The van der Waals surface area contributed by atoms with Gasteiger partial charge in [0.05, 0.1) is 0 Å². The van der Waals surface area contributed by atoms with Crippen LogP contribution in [0.25, 0.3) is 0 Å². The zero-order chi connectivity index (χ0) is 5.82. The predicted molar refractivity (Wildman–Crippen MR) is 46.8 cm³/mol. The maximum Gasteiger partial charge on any atom is -0.147 e. The van der Waals surface area contributed by atoms with Gasteiger partial charge in [-0.05, 0) is 0 Å². The summed E-state index contributed by atoms with van der Waals surface area (Å²) in [5, 5.41) is 0. The third-order valence-corrected chi connectivity index (χ3v) is 3.02. The van der Waals surface area contributed by atoms with Gasteiger partial charge in [0.1, 0.15) is 0 Å². The third kappa shape index (κ3) is 4.57. The number of allylic oxidation sites excluding steroid dienone is 4. The van der Waals surface area contributed by atoms with E-state index in [4.69, 9.17) is 0 Å². The number of rotatable bonds is 2. The second-order valence-corrected chi connectivity index (χ2v) is 4.51. The van der Waals surface area contributed by atoms with Gasteiger partial charge in [-0.2, -0.15) is 0 Å². The predicted octanol–water partition coefficient (Wildman–Crippen LogP) is 3.19. The average Bonchev–Trinajstić information content (AvgIpc) is 2.19. The van der Waals surface area contributed by atoms with E-state index < -0.39 is 0 Å². The third-order valence-electron chi connectivity index (χ3n) is 1.18. The summed E-state index contributed by atoms with van der Waals surface area (Å²) in [6.45, 7) is 2.28. The summed E-state index contributed by atoms with van der Waals surface area (Å²) in [5.74, 6) is 0. The van der Waals surface area contributed by atoms with E-state index in [0.29, 0.717) is 19.2 Å². The van der Waals surface area contributed by atoms with Gasteiger partial charge in [-0.15, -0.1) is 24.8 Å². The Morgan fingerprint density at radius 2 is 2.20 bits per heavy atom. The van der Waals surface area contributed by atoms with Crippen molar-refractivity contribution in [2.75, 3.05) is 0 Å². The van der Waals surface area contributed by atoms with Crippen LogP contribution in [0.4, 0.5) is 0 Å². The van der Waals surface area contributed by atoms with Crippen molar-refractivity contribution >= 4 is 24.8 Å². The molecule has 1 aliphatic rings. The van der Waals surface area contributed by atoms with Crippen LogP contribution in [0.2, 0.25) is 4.73 Å². The largest absolute Gasteiger partial charge is 0.147 e. The van der Waals surface area contributed by atoms with Crippen LogP contribution in [-0.2, 0) is 19.2 Å². The average molecular weight is 215 g/mol. The number of hydrogen-bond donors (Lipinski definition) is 0. The molecular weight excluding hydrogens is 203 g/mol. The summed E-state index contributed by atoms with van der Waals surface area (Å²) in [7, 11) is 0. The molecule has 58 valence electrons. The molecule has 0 nitrogen and oxygen atoms in total. The van der Waals surface area contributed by atoms with Gasteiger partial charge in [-0.1, -0.05) is 0 Å². The van der Waals surface area contributed by atoms with Crippen LogP contribution in [0.15, 0.2) is 22.1 Å². The normalized spacial score (nSPS) is 13.1. The number of halogens is 2. The summed E-state index contributed by atoms with van der Waals surface area (Å²) in [4.78, 5) is 0. The molecule has 0 saturated heterocycles. The summed E-state index contributed by atoms with van der Waals surface area (Å²) in [5.41, 5.74) is 0. The van der Waals surface area contributed by atoms with Gasteiger partial charge in [0, 0.05) is 0 Å². The van der Waals surface area contributed by atoms with Crippen molar-refractivity contribution in [2.24, 2.45) is 0 Å². The minimum absolute atomic E-state index is 0. The maximum atomic E-state index is 2.28. The monoisotopic (exact) mass is 214 g/mol. The maximum absolute atomic E-state index is 2.28. The van der Waals surface area contributed by atoms with Crippen molar-refractivity contribution < 1.29 is 19.2 Å². The van der Waals surface area contributed by atoms with Crippen molar-refractivity contribution in [2.45, 2.75) is 18.1 Å². The molecule has 0 fully saturated rings. The van der Waals surface area contributed by atoms with Crippen LogP contribution in [0.5, 0.6) is 0 Å². The molecule has 0 bridgehead atoms. The molecule has 0 spiro atoms. The molecule has 0 amide bonds. The van der Waals surface area contributed by atoms with Crippen molar-refractivity contribution in [1.82, 2.24) is 0 Å². The van der Waals surface area contributed by atoms with Gasteiger partial charge in [0.2, 0.25) is 0 Å². The first-order chi connectivity index (χ1) is 3.93. The molecular formula is C7H12Cl2Ti. The second kappa shape index (κ2) is 7.88. The Bertz CT molecular complexity index is 130. The Balaban J connectivity index is 0. The summed E-state index contributed by atoms with van der Waals surface area (Å²) in [6, 6.07) is 0. The summed E-state index contributed by atoms with van der Waals surface area (Å²) in [6.07, 6.45) is 7.96. The molecule has 10 heavy (non-hydrogen) atoms. The fraction of sp³-hybridized carbons (Fsp3) is 0.429. The summed E-state index contributed by atoms with van der Waals surface area (Å²) < 4.78 is 3.13. The molecule has 0 aromatic carbocycles. The van der Waals surface area contributed by atoms with Gasteiger partial charge < -0.3 is 0 Å². The van der Waals surface area contributed by atoms with Gasteiger partial charge in [-0.3, -0.25) is 0 Å². The number of hydrogen-bond acceptors (Lipinski definition) is 0. The molecule has 0 atom stereocenters. The van der Waals surface area contributed by atoms with Crippen LogP contribution in [-0.4, -0.2) is 0 Å². The first-order valence-electron chi connectivity index (χ1n) is 3.03. The van der Waals surface area contributed by atoms with E-state index in [1.54, 1.807) is 3.88 Å². The minimum atomic E-state index is 0. The van der Waals surface area contributed by atoms with E-state index >= 15 is 0 Å². The first kappa shape index (κ1) is 13.4. The molecule has 0 unspecified atom stereocenters. The first-order valence-corrected chi connectivity index (χ1v) is 4.91. The van der Waals surface area contributed by atoms with E-state index in [2.05, 4.69) is 25.2 Å². The molecule has 0 aromatic heterocycles. The van der Waals surface area contributed by atoms with Crippen LogP contribution < -0.4 is 0 Å². The molecule has 1 aliphatic carbocycles. The SMILES string of the molecule is C[CH2][Ti][C]1=CC=CC1.Cl.Cl.